The highest BCUT2D eigenvalue weighted by Crippen LogP contribution is 2.15. The van der Waals surface area contributed by atoms with Crippen LogP contribution in [0.5, 0.6) is 0 Å². The first kappa shape index (κ1) is 20.2. The summed E-state index contributed by atoms with van der Waals surface area (Å²) in [5.41, 5.74) is 8.57. The minimum Gasteiger partial charge on any atom is -0.370 e. The highest BCUT2D eigenvalue weighted by atomic mass is 127. The zero-order chi connectivity index (χ0) is 15.2. The van der Waals surface area contributed by atoms with Gasteiger partial charge in [0.25, 0.3) is 0 Å². The number of aryl methyl sites for hydroxylation is 1. The minimum atomic E-state index is -0.0275. The molecule has 0 aliphatic rings. The summed E-state index contributed by atoms with van der Waals surface area (Å²) < 4.78 is 0. The fourth-order valence-corrected chi connectivity index (χ4v) is 1.98. The topological polar surface area (TPSA) is 50.4 Å². The van der Waals surface area contributed by atoms with Crippen molar-refractivity contribution in [3.8, 4) is 0 Å². The van der Waals surface area contributed by atoms with Gasteiger partial charge in [-0.15, -0.1) is 24.0 Å². The monoisotopic (exact) mass is 403 g/mol. The Bertz CT molecular complexity index is 430. The molecule has 21 heavy (non-hydrogen) atoms. The molecule has 1 aromatic carbocycles. The van der Waals surface area contributed by atoms with Gasteiger partial charge in [-0.2, -0.15) is 0 Å². The summed E-state index contributed by atoms with van der Waals surface area (Å²) in [5.74, 6) is 1.13. The van der Waals surface area contributed by atoms with Crippen LogP contribution in [-0.2, 0) is 6.42 Å². The van der Waals surface area contributed by atoms with Crippen LogP contribution in [-0.4, -0.2) is 18.0 Å². The molecule has 1 rings (SSSR count). The SMILES string of the molecule is CC(C)c1ccc(CCCN=C(N)NC(C)(C)C)cc1.I. The van der Waals surface area contributed by atoms with Crippen molar-refractivity contribution >= 4 is 29.9 Å². The molecule has 0 atom stereocenters. The molecule has 0 saturated heterocycles. The van der Waals surface area contributed by atoms with E-state index in [2.05, 4.69) is 69.2 Å². The summed E-state index contributed by atoms with van der Waals surface area (Å²) in [7, 11) is 0. The molecule has 0 amide bonds. The van der Waals surface area contributed by atoms with Crippen molar-refractivity contribution < 1.29 is 0 Å². The summed E-state index contributed by atoms with van der Waals surface area (Å²) in [4.78, 5) is 4.35. The summed E-state index contributed by atoms with van der Waals surface area (Å²) in [6.07, 6.45) is 2.07. The third kappa shape index (κ3) is 8.96. The van der Waals surface area contributed by atoms with E-state index in [0.717, 1.165) is 19.4 Å². The molecule has 0 saturated carbocycles. The molecule has 3 nitrogen and oxygen atoms in total. The number of hydrogen-bond donors (Lipinski definition) is 2. The Labute approximate surface area is 146 Å². The van der Waals surface area contributed by atoms with E-state index >= 15 is 0 Å². The van der Waals surface area contributed by atoms with Crippen LogP contribution < -0.4 is 11.1 Å². The second-order valence-corrected chi connectivity index (χ2v) is 6.64. The number of halogens is 1. The van der Waals surface area contributed by atoms with Crippen molar-refractivity contribution in [3.05, 3.63) is 35.4 Å². The van der Waals surface area contributed by atoms with Crippen LogP contribution in [0.1, 0.15) is 58.1 Å². The Balaban J connectivity index is 0.00000400. The molecule has 0 heterocycles. The number of hydrogen-bond acceptors (Lipinski definition) is 1. The molecule has 0 fully saturated rings. The first-order valence-corrected chi connectivity index (χ1v) is 7.45. The second-order valence-electron chi connectivity index (χ2n) is 6.64. The van der Waals surface area contributed by atoms with E-state index in [1.165, 1.54) is 11.1 Å². The van der Waals surface area contributed by atoms with Gasteiger partial charge in [-0.1, -0.05) is 38.1 Å². The largest absolute Gasteiger partial charge is 0.370 e. The number of nitrogens with one attached hydrogen (secondary N) is 1. The van der Waals surface area contributed by atoms with Gasteiger partial charge in [0.05, 0.1) is 0 Å². The van der Waals surface area contributed by atoms with Gasteiger partial charge in [-0.3, -0.25) is 4.99 Å². The predicted molar refractivity (Wildman–Crippen MR) is 104 cm³/mol. The van der Waals surface area contributed by atoms with Crippen LogP contribution in [0.25, 0.3) is 0 Å². The van der Waals surface area contributed by atoms with Crippen LogP contribution in [0.15, 0.2) is 29.3 Å². The number of nitrogens with zero attached hydrogens (tertiary/aromatic N) is 1. The summed E-state index contributed by atoms with van der Waals surface area (Å²) in [5, 5.41) is 3.17. The van der Waals surface area contributed by atoms with Crippen LogP contribution in [0, 0.1) is 0 Å². The lowest BCUT2D eigenvalue weighted by molar-refractivity contribution is 0.508. The molecule has 0 aromatic heterocycles. The van der Waals surface area contributed by atoms with Gasteiger partial charge < -0.3 is 11.1 Å². The molecule has 3 N–H and O–H groups in total. The van der Waals surface area contributed by atoms with E-state index in [-0.39, 0.29) is 29.5 Å². The third-order valence-corrected chi connectivity index (χ3v) is 3.06. The fourth-order valence-electron chi connectivity index (χ4n) is 1.98. The Kier molecular flexibility index (Phi) is 8.94. The van der Waals surface area contributed by atoms with E-state index in [4.69, 9.17) is 5.73 Å². The van der Waals surface area contributed by atoms with Gasteiger partial charge in [0.1, 0.15) is 0 Å². The van der Waals surface area contributed by atoms with Gasteiger partial charge in [0, 0.05) is 12.1 Å². The molecule has 0 spiro atoms. The van der Waals surface area contributed by atoms with Gasteiger partial charge in [-0.05, 0) is 50.7 Å². The van der Waals surface area contributed by atoms with Crippen molar-refractivity contribution in [2.75, 3.05) is 6.54 Å². The molecule has 0 bridgehead atoms. The number of rotatable bonds is 5. The Hall–Kier alpha value is -0.780. The maximum absolute atomic E-state index is 5.83. The first-order valence-electron chi connectivity index (χ1n) is 7.45. The summed E-state index contributed by atoms with van der Waals surface area (Å²) >= 11 is 0. The number of aliphatic imine (C=N–C) groups is 1. The van der Waals surface area contributed by atoms with E-state index < -0.39 is 0 Å². The maximum atomic E-state index is 5.83. The third-order valence-electron chi connectivity index (χ3n) is 3.06. The van der Waals surface area contributed by atoms with Gasteiger partial charge in [-0.25, -0.2) is 0 Å². The highest BCUT2D eigenvalue weighted by molar-refractivity contribution is 14.0. The van der Waals surface area contributed by atoms with Gasteiger partial charge >= 0.3 is 0 Å². The van der Waals surface area contributed by atoms with E-state index in [0.29, 0.717) is 11.9 Å². The maximum Gasteiger partial charge on any atom is 0.188 e. The average molecular weight is 403 g/mol. The molecule has 0 aliphatic heterocycles. The number of benzene rings is 1. The van der Waals surface area contributed by atoms with Crippen LogP contribution >= 0.6 is 24.0 Å². The molecule has 0 radical (unpaired) electrons. The lowest BCUT2D eigenvalue weighted by atomic mass is 10.0. The average Bonchev–Trinajstić information content (AvgIpc) is 2.33. The van der Waals surface area contributed by atoms with E-state index in [1.807, 2.05) is 0 Å². The van der Waals surface area contributed by atoms with Gasteiger partial charge in [0.2, 0.25) is 0 Å². The zero-order valence-electron chi connectivity index (χ0n) is 13.9. The Morgan fingerprint density at radius 1 is 1.19 bits per heavy atom. The normalized spacial score (nSPS) is 12.2. The second kappa shape index (κ2) is 9.28. The van der Waals surface area contributed by atoms with E-state index in [9.17, 15) is 0 Å². The van der Waals surface area contributed by atoms with Crippen molar-refractivity contribution in [1.29, 1.82) is 0 Å². The van der Waals surface area contributed by atoms with Crippen molar-refractivity contribution in [3.63, 3.8) is 0 Å². The standard InChI is InChI=1S/C17H29N3.HI/c1-13(2)15-10-8-14(9-11-15)7-6-12-19-16(18)20-17(3,4)5;/h8-11,13H,6-7,12H2,1-5H3,(H3,18,19,20);1H. The molecule has 0 aliphatic carbocycles. The minimum absolute atomic E-state index is 0. The smallest absolute Gasteiger partial charge is 0.188 e. The fraction of sp³-hybridized carbons (Fsp3) is 0.588. The Morgan fingerprint density at radius 3 is 2.24 bits per heavy atom. The van der Waals surface area contributed by atoms with Crippen LogP contribution in [0.3, 0.4) is 0 Å². The Morgan fingerprint density at radius 2 is 1.76 bits per heavy atom. The van der Waals surface area contributed by atoms with Crippen molar-refractivity contribution in [2.45, 2.75) is 58.9 Å². The predicted octanol–water partition coefficient (Wildman–Crippen LogP) is 4.06. The molecular formula is C17H30IN3. The molecular weight excluding hydrogens is 373 g/mol. The number of guanidine groups is 1. The van der Waals surface area contributed by atoms with Crippen LogP contribution in [0.2, 0.25) is 0 Å². The van der Waals surface area contributed by atoms with Crippen LogP contribution in [0.4, 0.5) is 0 Å². The van der Waals surface area contributed by atoms with Crippen molar-refractivity contribution in [1.82, 2.24) is 5.32 Å². The number of nitrogens with two attached hydrogens (primary N) is 1. The molecule has 120 valence electrons. The van der Waals surface area contributed by atoms with Gasteiger partial charge in [0.15, 0.2) is 5.96 Å². The zero-order valence-corrected chi connectivity index (χ0v) is 16.3. The molecule has 0 unspecified atom stereocenters. The molecule has 1 aromatic rings. The van der Waals surface area contributed by atoms with E-state index in [1.54, 1.807) is 0 Å². The molecule has 4 heteroatoms. The lowest BCUT2D eigenvalue weighted by Gasteiger charge is -2.20. The lowest BCUT2D eigenvalue weighted by Crippen LogP contribution is -2.45. The summed E-state index contributed by atoms with van der Waals surface area (Å²) in [6.45, 7) is 11.4. The first-order chi connectivity index (χ1) is 9.28. The quantitative estimate of drug-likeness (QED) is 0.337. The summed E-state index contributed by atoms with van der Waals surface area (Å²) in [6, 6.07) is 8.88. The van der Waals surface area contributed by atoms with Crippen molar-refractivity contribution in [2.24, 2.45) is 10.7 Å². The highest BCUT2D eigenvalue weighted by Gasteiger charge is 2.09.